The van der Waals surface area contributed by atoms with E-state index in [0.29, 0.717) is 5.56 Å². The van der Waals surface area contributed by atoms with Gasteiger partial charge in [0.25, 0.3) is 0 Å². The summed E-state index contributed by atoms with van der Waals surface area (Å²) < 4.78 is 4.32. The normalized spacial score (nSPS) is 8.54. The Morgan fingerprint density at radius 1 is 1.69 bits per heavy atom. The fraction of sp³-hybridized carbons (Fsp3) is 0. The highest BCUT2D eigenvalue weighted by Gasteiger charge is 2.09. The molecule has 1 rings (SSSR count). The van der Waals surface area contributed by atoms with E-state index in [-0.39, 0.29) is 5.57 Å². The van der Waals surface area contributed by atoms with Crippen LogP contribution in [0.25, 0.3) is 5.57 Å². The van der Waals surface area contributed by atoms with Crippen molar-refractivity contribution in [3.05, 3.63) is 36.7 Å². The van der Waals surface area contributed by atoms with Crippen LogP contribution in [0.15, 0.2) is 31.1 Å². The quantitative estimate of drug-likeness (QED) is 0.383. The zero-order valence-electron chi connectivity index (χ0n) is 6.86. The molecule has 0 aliphatic rings. The second kappa shape index (κ2) is 4.07. The number of carbonyl (C=O) groups excluding carboxylic acids is 1. The van der Waals surface area contributed by atoms with Crippen LogP contribution in [-0.4, -0.2) is 11.0 Å². The lowest BCUT2D eigenvalue weighted by molar-refractivity contribution is -0.130. The molecule has 0 fully saturated rings. The molecule has 0 N–H and O–H groups in total. The van der Waals surface area contributed by atoms with E-state index in [1.807, 2.05) is 0 Å². The molecule has 3 nitrogen and oxygen atoms in total. The lowest BCUT2D eigenvalue weighted by Crippen LogP contribution is -2.02. The summed E-state index contributed by atoms with van der Waals surface area (Å²) in [6.07, 6.45) is 9.70. The summed E-state index contributed by atoms with van der Waals surface area (Å²) >= 11 is 0. The highest BCUT2D eigenvalue weighted by atomic mass is 16.5. The van der Waals surface area contributed by atoms with Crippen molar-refractivity contribution in [3.63, 3.8) is 0 Å². The van der Waals surface area contributed by atoms with Gasteiger partial charge in [-0.05, 0) is 6.07 Å². The lowest BCUT2D eigenvalue weighted by Gasteiger charge is -2.00. The Morgan fingerprint density at radius 3 is 3.00 bits per heavy atom. The Hall–Kier alpha value is -2.08. The number of aromatic nitrogens is 1. The van der Waals surface area contributed by atoms with Gasteiger partial charge in [0, 0.05) is 18.0 Å². The first-order valence-electron chi connectivity index (χ1n) is 3.52. The molecule has 0 saturated heterocycles. The van der Waals surface area contributed by atoms with Gasteiger partial charge in [-0.25, -0.2) is 4.79 Å². The molecule has 1 heterocycles. The second-order valence-electron chi connectivity index (χ2n) is 2.23. The second-order valence-corrected chi connectivity index (χ2v) is 2.23. The van der Waals surface area contributed by atoms with Gasteiger partial charge in [0.1, 0.15) is 6.11 Å². The first-order chi connectivity index (χ1) is 6.25. The van der Waals surface area contributed by atoms with E-state index in [4.69, 9.17) is 6.42 Å². The minimum atomic E-state index is -0.629. The van der Waals surface area contributed by atoms with Crippen molar-refractivity contribution in [1.82, 2.24) is 4.98 Å². The van der Waals surface area contributed by atoms with E-state index < -0.39 is 5.97 Å². The fourth-order valence-corrected chi connectivity index (χ4v) is 0.774. The molecule has 0 aromatic carbocycles. The molecule has 0 spiro atoms. The summed E-state index contributed by atoms with van der Waals surface area (Å²) in [6.45, 7) is 3.53. The van der Waals surface area contributed by atoms with Gasteiger partial charge in [-0.3, -0.25) is 4.98 Å². The topological polar surface area (TPSA) is 39.2 Å². The van der Waals surface area contributed by atoms with Crippen molar-refractivity contribution in [2.24, 2.45) is 0 Å². The van der Waals surface area contributed by atoms with Crippen LogP contribution in [0.2, 0.25) is 0 Å². The first-order valence-corrected chi connectivity index (χ1v) is 3.52. The smallest absolute Gasteiger partial charge is 0.352 e. The third-order valence-electron chi connectivity index (χ3n) is 1.41. The number of pyridine rings is 1. The highest BCUT2D eigenvalue weighted by molar-refractivity contribution is 6.15. The fourth-order valence-electron chi connectivity index (χ4n) is 0.774. The maximum Gasteiger partial charge on any atom is 0.352 e. The minimum Gasteiger partial charge on any atom is -0.369 e. The lowest BCUT2D eigenvalue weighted by atomic mass is 10.1. The standard InChI is InChI=1S/C10H7NO2/c1-3-13-10(12)8(2)9-5-4-6-11-7-9/h1,4-7H,2H2. The van der Waals surface area contributed by atoms with Gasteiger partial charge in [0.2, 0.25) is 0 Å². The Labute approximate surface area is 76.1 Å². The molecule has 13 heavy (non-hydrogen) atoms. The molecule has 0 amide bonds. The monoisotopic (exact) mass is 173 g/mol. The molecule has 0 aliphatic carbocycles. The van der Waals surface area contributed by atoms with Crippen LogP contribution in [-0.2, 0) is 9.53 Å². The summed E-state index contributed by atoms with van der Waals surface area (Å²) in [5.41, 5.74) is 0.800. The predicted molar refractivity (Wildman–Crippen MR) is 48.2 cm³/mol. The zero-order chi connectivity index (χ0) is 9.68. The summed E-state index contributed by atoms with van der Waals surface area (Å²) in [5.74, 6) is -0.629. The van der Waals surface area contributed by atoms with Crippen molar-refractivity contribution < 1.29 is 9.53 Å². The molecule has 1 aromatic rings. The zero-order valence-corrected chi connectivity index (χ0v) is 6.86. The van der Waals surface area contributed by atoms with Crippen LogP contribution in [0, 0.1) is 12.5 Å². The number of terminal acetylenes is 1. The van der Waals surface area contributed by atoms with Crippen molar-refractivity contribution >= 4 is 11.5 Å². The number of ether oxygens (including phenoxy) is 1. The van der Waals surface area contributed by atoms with Gasteiger partial charge in [0.05, 0.1) is 5.57 Å². The number of carbonyl (C=O) groups is 1. The first kappa shape index (κ1) is 9.01. The van der Waals surface area contributed by atoms with Crippen LogP contribution in [0.5, 0.6) is 0 Å². The van der Waals surface area contributed by atoms with Gasteiger partial charge in [0.15, 0.2) is 0 Å². The molecule has 0 unspecified atom stereocenters. The van der Waals surface area contributed by atoms with E-state index in [1.165, 1.54) is 6.20 Å². The molecule has 64 valence electrons. The van der Waals surface area contributed by atoms with E-state index in [9.17, 15) is 4.79 Å². The summed E-state index contributed by atoms with van der Waals surface area (Å²) in [7, 11) is 0. The molecule has 0 aliphatic heterocycles. The van der Waals surface area contributed by atoms with Crippen LogP contribution in [0.1, 0.15) is 5.56 Å². The molecule has 0 saturated carbocycles. The Balaban J connectivity index is 2.82. The Kier molecular flexibility index (Phi) is 2.82. The SMILES string of the molecule is C#COC(=O)C(=C)c1cccnc1. The number of nitrogens with zero attached hydrogens (tertiary/aromatic N) is 1. The molecular weight excluding hydrogens is 166 g/mol. The van der Waals surface area contributed by atoms with Crippen LogP contribution >= 0.6 is 0 Å². The number of rotatable bonds is 2. The average molecular weight is 173 g/mol. The molecule has 3 heteroatoms. The number of esters is 1. The summed E-state index contributed by atoms with van der Waals surface area (Å²) in [5, 5.41) is 0. The van der Waals surface area contributed by atoms with Gasteiger partial charge in [-0.15, -0.1) is 0 Å². The average Bonchev–Trinajstić information content (AvgIpc) is 2.18. The molecule has 1 aromatic heterocycles. The van der Waals surface area contributed by atoms with Crippen molar-refractivity contribution in [2.45, 2.75) is 0 Å². The van der Waals surface area contributed by atoms with Crippen LogP contribution in [0.3, 0.4) is 0 Å². The van der Waals surface area contributed by atoms with Crippen LogP contribution in [0.4, 0.5) is 0 Å². The largest absolute Gasteiger partial charge is 0.369 e. The van der Waals surface area contributed by atoms with E-state index >= 15 is 0 Å². The predicted octanol–water partition coefficient (Wildman–Crippen LogP) is 1.23. The van der Waals surface area contributed by atoms with Gasteiger partial charge < -0.3 is 4.74 Å². The molecular formula is C10H7NO2. The summed E-state index contributed by atoms with van der Waals surface area (Å²) in [6, 6.07) is 3.40. The minimum absolute atomic E-state index is 0.200. The van der Waals surface area contributed by atoms with Crippen molar-refractivity contribution in [2.75, 3.05) is 0 Å². The maximum atomic E-state index is 11.1. The van der Waals surface area contributed by atoms with Gasteiger partial charge in [-0.1, -0.05) is 19.1 Å². The van der Waals surface area contributed by atoms with Gasteiger partial charge >= 0.3 is 5.97 Å². The Bertz CT molecular complexity index is 362. The molecule has 0 radical (unpaired) electrons. The van der Waals surface area contributed by atoms with Crippen molar-refractivity contribution in [3.8, 4) is 12.5 Å². The van der Waals surface area contributed by atoms with Gasteiger partial charge in [-0.2, -0.15) is 0 Å². The molecule has 0 atom stereocenters. The maximum absolute atomic E-state index is 11.1. The van der Waals surface area contributed by atoms with Crippen molar-refractivity contribution in [1.29, 1.82) is 0 Å². The molecule has 0 bridgehead atoms. The number of hydrogen-bond acceptors (Lipinski definition) is 3. The Morgan fingerprint density at radius 2 is 2.46 bits per heavy atom. The van der Waals surface area contributed by atoms with E-state index in [1.54, 1.807) is 24.4 Å². The summed E-state index contributed by atoms with van der Waals surface area (Å²) in [4.78, 5) is 14.9. The highest BCUT2D eigenvalue weighted by Crippen LogP contribution is 2.11. The third kappa shape index (κ3) is 2.17. The number of hydrogen-bond donors (Lipinski definition) is 0. The van der Waals surface area contributed by atoms with E-state index in [2.05, 4.69) is 16.3 Å². The van der Waals surface area contributed by atoms with Crippen LogP contribution < -0.4 is 0 Å². The third-order valence-corrected chi connectivity index (χ3v) is 1.41. The van der Waals surface area contributed by atoms with E-state index in [0.717, 1.165) is 0 Å².